The van der Waals surface area contributed by atoms with E-state index in [0.29, 0.717) is 18.5 Å². The summed E-state index contributed by atoms with van der Waals surface area (Å²) < 4.78 is 0. The third-order valence-electron chi connectivity index (χ3n) is 3.51. The van der Waals surface area contributed by atoms with E-state index in [2.05, 4.69) is 0 Å². The number of nitrogens with zero attached hydrogens (tertiary/aromatic N) is 2. The Balaban J connectivity index is 1.96. The van der Waals surface area contributed by atoms with Gasteiger partial charge in [-0.3, -0.25) is 14.9 Å². The van der Waals surface area contributed by atoms with Crippen molar-refractivity contribution in [1.82, 2.24) is 0 Å². The second-order valence-corrected chi connectivity index (χ2v) is 5.04. The molecule has 22 heavy (non-hydrogen) atoms. The molecule has 1 amide bonds. The van der Waals surface area contributed by atoms with E-state index in [1.54, 1.807) is 25.2 Å². The SMILES string of the molecule is CN(C(=O)CCCc1ccccc1)c1ccccc1[N+](=O)[O-]. The minimum atomic E-state index is -0.469. The number of carbonyl (C=O) groups is 1. The molecule has 5 nitrogen and oxygen atoms in total. The number of rotatable bonds is 6. The molecule has 0 aliphatic carbocycles. The first-order valence-corrected chi connectivity index (χ1v) is 7.13. The van der Waals surface area contributed by atoms with Gasteiger partial charge in [-0.25, -0.2) is 0 Å². The van der Waals surface area contributed by atoms with E-state index in [4.69, 9.17) is 0 Å². The number of benzene rings is 2. The molecule has 0 aliphatic heterocycles. The third kappa shape index (κ3) is 3.91. The second-order valence-electron chi connectivity index (χ2n) is 5.04. The molecule has 0 aromatic heterocycles. The number of nitro benzene ring substituents is 1. The lowest BCUT2D eigenvalue weighted by Crippen LogP contribution is -2.26. The summed E-state index contributed by atoms with van der Waals surface area (Å²) >= 11 is 0. The summed E-state index contributed by atoms with van der Waals surface area (Å²) in [5.41, 5.74) is 1.46. The molecule has 0 unspecified atom stereocenters. The number of carbonyl (C=O) groups excluding carboxylic acids is 1. The monoisotopic (exact) mass is 298 g/mol. The van der Waals surface area contributed by atoms with Crippen molar-refractivity contribution in [3.8, 4) is 0 Å². The van der Waals surface area contributed by atoms with Gasteiger partial charge >= 0.3 is 0 Å². The van der Waals surface area contributed by atoms with Gasteiger partial charge in [0.15, 0.2) is 0 Å². The van der Waals surface area contributed by atoms with E-state index in [-0.39, 0.29) is 11.6 Å². The lowest BCUT2D eigenvalue weighted by Gasteiger charge is -2.17. The fourth-order valence-corrected chi connectivity index (χ4v) is 2.29. The standard InChI is InChI=1S/C17H18N2O3/c1-18(15-11-5-6-12-16(15)19(21)22)17(20)13-7-10-14-8-3-2-4-9-14/h2-6,8-9,11-12H,7,10,13H2,1H3. The molecular formula is C17H18N2O3. The van der Waals surface area contributed by atoms with E-state index in [1.807, 2.05) is 30.3 Å². The number of hydrogen-bond acceptors (Lipinski definition) is 3. The Labute approximate surface area is 129 Å². The number of hydrogen-bond donors (Lipinski definition) is 0. The number of para-hydroxylation sites is 2. The molecule has 5 heteroatoms. The highest BCUT2D eigenvalue weighted by Gasteiger charge is 2.20. The Morgan fingerprint density at radius 3 is 2.41 bits per heavy atom. The molecule has 114 valence electrons. The fraction of sp³-hybridized carbons (Fsp3) is 0.235. The van der Waals surface area contributed by atoms with Crippen molar-refractivity contribution in [2.24, 2.45) is 0 Å². The highest BCUT2D eigenvalue weighted by atomic mass is 16.6. The van der Waals surface area contributed by atoms with Crippen molar-refractivity contribution in [1.29, 1.82) is 0 Å². The molecule has 0 fully saturated rings. The van der Waals surface area contributed by atoms with E-state index in [0.717, 1.165) is 6.42 Å². The summed E-state index contributed by atoms with van der Waals surface area (Å²) in [4.78, 5) is 24.1. The lowest BCUT2D eigenvalue weighted by atomic mass is 10.1. The first-order chi connectivity index (χ1) is 10.6. The van der Waals surface area contributed by atoms with Crippen LogP contribution < -0.4 is 4.90 Å². The van der Waals surface area contributed by atoms with Crippen molar-refractivity contribution in [2.45, 2.75) is 19.3 Å². The maximum absolute atomic E-state index is 12.2. The van der Waals surface area contributed by atoms with Crippen LogP contribution in [0.1, 0.15) is 18.4 Å². The van der Waals surface area contributed by atoms with Gasteiger partial charge in [0.05, 0.1) is 4.92 Å². The second kappa shape index (κ2) is 7.36. The predicted octanol–water partition coefficient (Wildman–Crippen LogP) is 3.58. The van der Waals surface area contributed by atoms with Gasteiger partial charge in [-0.1, -0.05) is 42.5 Å². The molecule has 0 saturated heterocycles. The summed E-state index contributed by atoms with van der Waals surface area (Å²) in [6.45, 7) is 0. The van der Waals surface area contributed by atoms with E-state index in [1.165, 1.54) is 16.5 Å². The number of aryl methyl sites for hydroxylation is 1. The van der Waals surface area contributed by atoms with Crippen LogP contribution in [0.5, 0.6) is 0 Å². The molecule has 0 saturated carbocycles. The molecule has 0 spiro atoms. The zero-order valence-corrected chi connectivity index (χ0v) is 12.4. The maximum Gasteiger partial charge on any atom is 0.292 e. The molecule has 0 heterocycles. The van der Waals surface area contributed by atoms with Crippen LogP contribution in [-0.4, -0.2) is 17.9 Å². The van der Waals surface area contributed by atoms with Gasteiger partial charge in [-0.05, 0) is 24.5 Å². The van der Waals surface area contributed by atoms with Gasteiger partial charge in [-0.15, -0.1) is 0 Å². The van der Waals surface area contributed by atoms with E-state index in [9.17, 15) is 14.9 Å². The summed E-state index contributed by atoms with van der Waals surface area (Å²) in [7, 11) is 1.58. The van der Waals surface area contributed by atoms with Gasteiger partial charge in [0.2, 0.25) is 5.91 Å². The average molecular weight is 298 g/mol. The summed E-state index contributed by atoms with van der Waals surface area (Å²) in [6.07, 6.45) is 1.89. The molecule has 2 rings (SSSR count). The zero-order valence-electron chi connectivity index (χ0n) is 12.4. The molecule has 2 aromatic rings. The fourth-order valence-electron chi connectivity index (χ4n) is 2.29. The number of nitro groups is 1. The third-order valence-corrected chi connectivity index (χ3v) is 3.51. The van der Waals surface area contributed by atoms with Gasteiger partial charge in [0, 0.05) is 19.5 Å². The van der Waals surface area contributed by atoms with Crippen molar-refractivity contribution >= 4 is 17.3 Å². The van der Waals surface area contributed by atoms with Crippen LogP contribution in [0, 0.1) is 10.1 Å². The quantitative estimate of drug-likeness (QED) is 0.605. The Hall–Kier alpha value is -2.69. The Kier molecular flexibility index (Phi) is 5.25. The van der Waals surface area contributed by atoms with Crippen LogP contribution in [0.3, 0.4) is 0 Å². The van der Waals surface area contributed by atoms with Crippen LogP contribution in [0.15, 0.2) is 54.6 Å². The Bertz CT molecular complexity index is 656. The van der Waals surface area contributed by atoms with Gasteiger partial charge in [0.1, 0.15) is 5.69 Å². The molecule has 0 N–H and O–H groups in total. The van der Waals surface area contributed by atoms with Gasteiger partial charge in [-0.2, -0.15) is 0 Å². The van der Waals surface area contributed by atoms with Crippen LogP contribution in [0.2, 0.25) is 0 Å². The van der Waals surface area contributed by atoms with E-state index >= 15 is 0 Å². The normalized spacial score (nSPS) is 10.2. The van der Waals surface area contributed by atoms with Crippen LogP contribution in [0.25, 0.3) is 0 Å². The van der Waals surface area contributed by atoms with Crippen molar-refractivity contribution < 1.29 is 9.72 Å². The molecular weight excluding hydrogens is 280 g/mol. The number of anilines is 1. The van der Waals surface area contributed by atoms with Crippen molar-refractivity contribution in [2.75, 3.05) is 11.9 Å². The van der Waals surface area contributed by atoms with Crippen molar-refractivity contribution in [3.05, 3.63) is 70.3 Å². The highest BCUT2D eigenvalue weighted by molar-refractivity contribution is 5.95. The summed E-state index contributed by atoms with van der Waals surface area (Å²) in [5, 5.41) is 11.0. The van der Waals surface area contributed by atoms with Gasteiger partial charge in [0.25, 0.3) is 5.69 Å². The molecule has 0 aliphatic rings. The van der Waals surface area contributed by atoms with Crippen LogP contribution in [0.4, 0.5) is 11.4 Å². The maximum atomic E-state index is 12.2. The predicted molar refractivity (Wildman–Crippen MR) is 85.9 cm³/mol. The highest BCUT2D eigenvalue weighted by Crippen LogP contribution is 2.27. The largest absolute Gasteiger partial charge is 0.310 e. The smallest absolute Gasteiger partial charge is 0.292 e. The molecule has 0 atom stereocenters. The molecule has 0 radical (unpaired) electrons. The average Bonchev–Trinajstić information content (AvgIpc) is 2.55. The summed E-state index contributed by atoms with van der Waals surface area (Å²) in [5.74, 6) is -0.120. The van der Waals surface area contributed by atoms with Crippen LogP contribution in [-0.2, 0) is 11.2 Å². The zero-order chi connectivity index (χ0) is 15.9. The topological polar surface area (TPSA) is 63.5 Å². The minimum Gasteiger partial charge on any atom is -0.310 e. The molecule has 0 bridgehead atoms. The Morgan fingerprint density at radius 1 is 1.09 bits per heavy atom. The first-order valence-electron chi connectivity index (χ1n) is 7.13. The van der Waals surface area contributed by atoms with Crippen LogP contribution >= 0.6 is 0 Å². The Morgan fingerprint density at radius 2 is 1.73 bits per heavy atom. The lowest BCUT2D eigenvalue weighted by molar-refractivity contribution is -0.384. The number of amides is 1. The van der Waals surface area contributed by atoms with E-state index < -0.39 is 4.92 Å². The van der Waals surface area contributed by atoms with Gasteiger partial charge < -0.3 is 4.90 Å². The van der Waals surface area contributed by atoms with Crippen molar-refractivity contribution in [3.63, 3.8) is 0 Å². The minimum absolute atomic E-state index is 0.0543. The summed E-state index contributed by atoms with van der Waals surface area (Å²) in [6, 6.07) is 16.2. The molecule has 2 aromatic carbocycles. The first kappa shape index (κ1) is 15.7.